The van der Waals surface area contributed by atoms with E-state index < -0.39 is 17.7 Å². The Morgan fingerprint density at radius 2 is 1.38 bits per heavy atom. The van der Waals surface area contributed by atoms with E-state index in [0.717, 1.165) is 22.5 Å². The molecule has 0 saturated heterocycles. The summed E-state index contributed by atoms with van der Waals surface area (Å²) in [6, 6.07) is 33.4. The number of hydrogen-bond donors (Lipinski definition) is 1. The van der Waals surface area contributed by atoms with E-state index in [1.54, 1.807) is 6.07 Å². The first-order chi connectivity index (χ1) is 19.3. The summed E-state index contributed by atoms with van der Waals surface area (Å²) in [5, 5.41) is 3.98. The van der Waals surface area contributed by atoms with Crippen molar-refractivity contribution in [1.29, 1.82) is 0 Å². The van der Waals surface area contributed by atoms with Crippen LogP contribution in [0, 0.1) is 0 Å². The van der Waals surface area contributed by atoms with Gasteiger partial charge in [0.05, 0.1) is 5.56 Å². The molecule has 40 heavy (non-hydrogen) atoms. The number of amides is 1. The molecule has 0 aliphatic carbocycles. The van der Waals surface area contributed by atoms with Gasteiger partial charge < -0.3 is 9.88 Å². The van der Waals surface area contributed by atoms with Crippen LogP contribution in [-0.4, -0.2) is 17.0 Å². The van der Waals surface area contributed by atoms with Crippen molar-refractivity contribution in [2.45, 2.75) is 30.9 Å². The minimum atomic E-state index is -4.47. The number of rotatable bonds is 9. The number of aryl methyl sites for hydroxylation is 1. The Balaban J connectivity index is 1.39. The molecule has 0 saturated carbocycles. The molecule has 6 heteroatoms. The smallest absolute Gasteiger partial charge is 0.356 e. The molecular formula is C34H31F3N2O. The van der Waals surface area contributed by atoms with Gasteiger partial charge in [-0.25, -0.2) is 0 Å². The van der Waals surface area contributed by atoms with Gasteiger partial charge in [0.1, 0.15) is 0 Å². The van der Waals surface area contributed by atoms with Gasteiger partial charge in [-0.05, 0) is 40.8 Å². The molecule has 0 aliphatic rings. The molecule has 1 amide bonds. The lowest BCUT2D eigenvalue weighted by Gasteiger charge is -2.20. The molecule has 1 aromatic heterocycles. The van der Waals surface area contributed by atoms with Gasteiger partial charge in [-0.15, -0.1) is 0 Å². The van der Waals surface area contributed by atoms with Crippen LogP contribution in [0.1, 0.15) is 52.5 Å². The maximum Gasteiger partial charge on any atom is 0.416 e. The molecule has 1 unspecified atom stereocenters. The first-order valence-corrected chi connectivity index (χ1v) is 13.4. The normalized spacial score (nSPS) is 12.5. The Morgan fingerprint density at radius 1 is 0.775 bits per heavy atom. The molecule has 204 valence electrons. The van der Waals surface area contributed by atoms with Gasteiger partial charge in [-0.3, -0.25) is 4.79 Å². The Morgan fingerprint density at radius 3 is 2.02 bits per heavy atom. The van der Waals surface area contributed by atoms with Crippen molar-refractivity contribution in [3.8, 4) is 0 Å². The fourth-order valence-electron chi connectivity index (χ4n) is 5.50. The Hall–Kier alpha value is -4.32. The van der Waals surface area contributed by atoms with Gasteiger partial charge >= 0.3 is 6.18 Å². The molecule has 4 aromatic carbocycles. The summed E-state index contributed by atoms with van der Waals surface area (Å²) in [5.74, 6) is -0.623. The zero-order valence-electron chi connectivity index (χ0n) is 22.2. The van der Waals surface area contributed by atoms with Crippen molar-refractivity contribution >= 4 is 16.8 Å². The van der Waals surface area contributed by atoms with Crippen LogP contribution < -0.4 is 5.32 Å². The van der Waals surface area contributed by atoms with E-state index in [1.807, 2.05) is 78.5 Å². The number of halogens is 3. The average Bonchev–Trinajstić information content (AvgIpc) is 3.30. The molecule has 0 spiro atoms. The Labute approximate surface area is 232 Å². The highest BCUT2D eigenvalue weighted by atomic mass is 19.4. The molecular weight excluding hydrogens is 509 g/mol. The first kappa shape index (κ1) is 27.3. The molecule has 0 radical (unpaired) electrons. The molecule has 5 rings (SSSR count). The predicted molar refractivity (Wildman–Crippen MR) is 153 cm³/mol. The summed E-state index contributed by atoms with van der Waals surface area (Å²) in [6.45, 7) is 0.443. The number of aromatic nitrogens is 1. The fraction of sp³-hybridized carbons (Fsp3) is 0.206. The zero-order valence-corrected chi connectivity index (χ0v) is 22.2. The number of nitrogens with zero attached hydrogens (tertiary/aromatic N) is 1. The maximum atomic E-state index is 13.6. The molecule has 0 aliphatic heterocycles. The molecule has 1 atom stereocenters. The van der Waals surface area contributed by atoms with Crippen LogP contribution in [0.5, 0.6) is 0 Å². The van der Waals surface area contributed by atoms with Gasteiger partial charge in [0, 0.05) is 48.9 Å². The van der Waals surface area contributed by atoms with E-state index in [1.165, 1.54) is 23.3 Å². The molecule has 1 heterocycles. The van der Waals surface area contributed by atoms with Gasteiger partial charge in [0.25, 0.3) is 0 Å². The minimum absolute atomic E-state index is 0.0384. The number of benzene rings is 4. The van der Waals surface area contributed by atoms with E-state index in [9.17, 15) is 18.0 Å². The summed E-state index contributed by atoms with van der Waals surface area (Å²) in [6.07, 6.45) is -1.81. The van der Waals surface area contributed by atoms with Crippen molar-refractivity contribution in [2.24, 2.45) is 7.05 Å². The average molecular weight is 541 g/mol. The third-order valence-electron chi connectivity index (χ3n) is 7.47. The second-order valence-electron chi connectivity index (χ2n) is 10.1. The number of carbonyl (C=O) groups is 1. The molecule has 5 aromatic rings. The lowest BCUT2D eigenvalue weighted by molar-refractivity contribution is -0.137. The van der Waals surface area contributed by atoms with Gasteiger partial charge in [-0.2, -0.15) is 13.2 Å². The number of hydrogen-bond acceptors (Lipinski definition) is 1. The van der Waals surface area contributed by atoms with Crippen LogP contribution in [0.2, 0.25) is 0 Å². The standard InChI is InChI=1S/C34H31F3N2O/c1-39-23-31(29-17-8-9-18-32(29)39)30(26-15-10-16-27(21-26)34(35,36)37)22-33(40)38-20-19-28(24-11-4-2-5-12-24)25-13-6-3-7-14-25/h2-18,21,23,28,30H,19-20,22H2,1H3,(H,38,40). The third kappa shape index (κ3) is 6.12. The van der Waals surface area contributed by atoms with Crippen molar-refractivity contribution < 1.29 is 18.0 Å². The first-order valence-electron chi connectivity index (χ1n) is 13.4. The van der Waals surface area contributed by atoms with Crippen LogP contribution in [0.3, 0.4) is 0 Å². The number of alkyl halides is 3. The van der Waals surface area contributed by atoms with E-state index in [4.69, 9.17) is 0 Å². The topological polar surface area (TPSA) is 34.0 Å². The summed E-state index contributed by atoms with van der Waals surface area (Å²) in [7, 11) is 1.91. The second-order valence-corrected chi connectivity index (χ2v) is 10.1. The molecule has 0 bridgehead atoms. The fourth-order valence-corrected chi connectivity index (χ4v) is 5.50. The molecule has 1 N–H and O–H groups in total. The summed E-state index contributed by atoms with van der Waals surface area (Å²) in [5.41, 5.74) is 3.88. The van der Waals surface area contributed by atoms with E-state index in [2.05, 4.69) is 29.6 Å². The molecule has 0 fully saturated rings. The highest BCUT2D eigenvalue weighted by Gasteiger charge is 2.32. The van der Waals surface area contributed by atoms with Gasteiger partial charge in [0.15, 0.2) is 0 Å². The van der Waals surface area contributed by atoms with Crippen molar-refractivity contribution in [1.82, 2.24) is 9.88 Å². The molecule has 3 nitrogen and oxygen atoms in total. The van der Waals surface area contributed by atoms with E-state index >= 15 is 0 Å². The van der Waals surface area contributed by atoms with Crippen LogP contribution in [-0.2, 0) is 18.0 Å². The van der Waals surface area contributed by atoms with Gasteiger partial charge in [-0.1, -0.05) is 97.1 Å². The summed E-state index contributed by atoms with van der Waals surface area (Å²) in [4.78, 5) is 13.3. The number of fused-ring (bicyclic) bond motifs is 1. The second kappa shape index (κ2) is 11.8. The number of nitrogens with one attached hydrogen (secondary N) is 1. The number of carbonyl (C=O) groups excluding carboxylic acids is 1. The predicted octanol–water partition coefficient (Wildman–Crippen LogP) is 8.06. The monoisotopic (exact) mass is 540 g/mol. The summed E-state index contributed by atoms with van der Waals surface area (Å²) >= 11 is 0. The lowest BCUT2D eigenvalue weighted by atomic mass is 9.87. The number of para-hydroxylation sites is 1. The van der Waals surface area contributed by atoms with Crippen LogP contribution in [0.4, 0.5) is 13.2 Å². The zero-order chi connectivity index (χ0) is 28.1. The van der Waals surface area contributed by atoms with Crippen LogP contribution in [0.25, 0.3) is 10.9 Å². The third-order valence-corrected chi connectivity index (χ3v) is 7.47. The van der Waals surface area contributed by atoms with Crippen molar-refractivity contribution in [3.05, 3.63) is 143 Å². The largest absolute Gasteiger partial charge is 0.416 e. The van der Waals surface area contributed by atoms with Crippen LogP contribution in [0.15, 0.2) is 115 Å². The van der Waals surface area contributed by atoms with Gasteiger partial charge in [0.2, 0.25) is 5.91 Å². The van der Waals surface area contributed by atoms with Crippen LogP contribution >= 0.6 is 0 Å². The van der Waals surface area contributed by atoms with Crippen molar-refractivity contribution in [2.75, 3.05) is 6.54 Å². The Kier molecular flexibility index (Phi) is 8.06. The quantitative estimate of drug-likeness (QED) is 0.202. The van der Waals surface area contributed by atoms with Crippen molar-refractivity contribution in [3.63, 3.8) is 0 Å². The minimum Gasteiger partial charge on any atom is -0.356 e. The maximum absolute atomic E-state index is 13.6. The SMILES string of the molecule is Cn1cc(C(CC(=O)NCCC(c2ccccc2)c2ccccc2)c2cccc(C(F)(F)F)c2)c2ccccc21. The summed E-state index contributed by atoms with van der Waals surface area (Å²) < 4.78 is 42.7. The lowest BCUT2D eigenvalue weighted by Crippen LogP contribution is -2.27. The highest BCUT2D eigenvalue weighted by Crippen LogP contribution is 2.37. The van der Waals surface area contributed by atoms with E-state index in [0.29, 0.717) is 18.5 Å². The van der Waals surface area contributed by atoms with E-state index in [-0.39, 0.29) is 18.2 Å². The highest BCUT2D eigenvalue weighted by molar-refractivity contribution is 5.86. The Bertz CT molecular complexity index is 1540.